The second-order valence-corrected chi connectivity index (χ2v) is 6.26. The maximum absolute atomic E-state index is 5.64. The number of hydrogen-bond donors (Lipinski definition) is 1. The fourth-order valence-corrected chi connectivity index (χ4v) is 2.62. The Labute approximate surface area is 132 Å². The lowest BCUT2D eigenvalue weighted by molar-refractivity contribution is 0.00843. The first-order valence-electron chi connectivity index (χ1n) is 7.70. The van der Waals surface area contributed by atoms with Crippen molar-refractivity contribution >= 4 is 0 Å². The predicted octanol–water partition coefficient (Wildman–Crippen LogP) is 2.76. The van der Waals surface area contributed by atoms with E-state index >= 15 is 0 Å². The zero-order valence-corrected chi connectivity index (χ0v) is 14.2. The van der Waals surface area contributed by atoms with Crippen LogP contribution in [0.4, 0.5) is 0 Å². The van der Waals surface area contributed by atoms with E-state index in [1.807, 2.05) is 12.1 Å². The van der Waals surface area contributed by atoms with Gasteiger partial charge in [0, 0.05) is 31.3 Å². The first-order chi connectivity index (χ1) is 10.4. The van der Waals surface area contributed by atoms with Gasteiger partial charge in [-0.25, -0.2) is 0 Å². The summed E-state index contributed by atoms with van der Waals surface area (Å²) in [6.45, 7) is 8.22. The van der Waals surface area contributed by atoms with Crippen molar-refractivity contribution in [3.8, 4) is 17.2 Å². The minimum Gasteiger partial charge on any atom is -0.496 e. The second kappa shape index (κ2) is 7.20. The van der Waals surface area contributed by atoms with Crippen molar-refractivity contribution in [1.29, 1.82) is 0 Å². The van der Waals surface area contributed by atoms with Crippen molar-refractivity contribution in [3.63, 3.8) is 0 Å². The summed E-state index contributed by atoms with van der Waals surface area (Å²) < 4.78 is 22.2. The lowest BCUT2D eigenvalue weighted by Crippen LogP contribution is -2.35. The normalized spacial score (nSPS) is 15.5. The van der Waals surface area contributed by atoms with Gasteiger partial charge in [0.25, 0.3) is 0 Å². The number of benzene rings is 1. The van der Waals surface area contributed by atoms with Gasteiger partial charge in [-0.3, -0.25) is 0 Å². The first kappa shape index (κ1) is 16.9. The molecule has 0 aliphatic carbocycles. The molecule has 0 saturated heterocycles. The van der Waals surface area contributed by atoms with E-state index in [1.165, 1.54) is 0 Å². The molecule has 0 saturated carbocycles. The van der Waals surface area contributed by atoms with Crippen LogP contribution in [0, 0.1) is 0 Å². The first-order valence-corrected chi connectivity index (χ1v) is 7.70. The molecule has 22 heavy (non-hydrogen) atoms. The summed E-state index contributed by atoms with van der Waals surface area (Å²) in [6.07, 6.45) is 0.927. The van der Waals surface area contributed by atoms with Gasteiger partial charge in [-0.15, -0.1) is 0 Å². The molecule has 5 nitrogen and oxygen atoms in total. The van der Waals surface area contributed by atoms with Gasteiger partial charge in [0.15, 0.2) is 11.5 Å². The van der Waals surface area contributed by atoms with E-state index in [0.717, 1.165) is 29.2 Å². The van der Waals surface area contributed by atoms with Gasteiger partial charge in [0.2, 0.25) is 0 Å². The molecule has 1 N–H and O–H groups in total. The average molecular weight is 309 g/mol. The van der Waals surface area contributed by atoms with E-state index in [0.29, 0.717) is 25.8 Å². The van der Waals surface area contributed by atoms with Gasteiger partial charge in [0.1, 0.15) is 19.0 Å². The number of methoxy groups -OCH3 is 2. The molecule has 1 aliphatic heterocycles. The lowest BCUT2D eigenvalue weighted by Gasteiger charge is -2.27. The highest BCUT2D eigenvalue weighted by molar-refractivity contribution is 5.51. The molecule has 0 unspecified atom stereocenters. The topological polar surface area (TPSA) is 49.0 Å². The number of nitrogens with one attached hydrogen (secondary N) is 1. The summed E-state index contributed by atoms with van der Waals surface area (Å²) in [6, 6.07) is 4.22. The monoisotopic (exact) mass is 309 g/mol. The molecular formula is C17H27NO4. The SMILES string of the molecule is COc1cc2c(cc1CN[C@H](C)CC(C)(C)OC)OCCO2. The van der Waals surface area contributed by atoms with E-state index in [9.17, 15) is 0 Å². The third-order valence-corrected chi connectivity index (χ3v) is 3.94. The highest BCUT2D eigenvalue weighted by atomic mass is 16.6. The van der Waals surface area contributed by atoms with Gasteiger partial charge < -0.3 is 24.3 Å². The standard InChI is InChI=1S/C17H27NO4/c1-12(10-17(2,3)20-5)18-11-13-8-15-16(9-14(13)19-4)22-7-6-21-15/h8-9,12,18H,6-7,10-11H2,1-5H3/t12-/m1/s1. The van der Waals surface area contributed by atoms with Crippen LogP contribution in [0.2, 0.25) is 0 Å². The average Bonchev–Trinajstić information content (AvgIpc) is 2.51. The van der Waals surface area contributed by atoms with Crippen LogP contribution in [0.1, 0.15) is 32.8 Å². The molecule has 0 aromatic heterocycles. The molecule has 5 heteroatoms. The molecule has 0 spiro atoms. The van der Waals surface area contributed by atoms with Crippen LogP contribution in [0.5, 0.6) is 17.2 Å². The molecule has 1 aliphatic rings. The molecule has 1 heterocycles. The zero-order chi connectivity index (χ0) is 16.2. The second-order valence-electron chi connectivity index (χ2n) is 6.26. The van der Waals surface area contributed by atoms with E-state index < -0.39 is 0 Å². The molecule has 1 aromatic carbocycles. The summed E-state index contributed by atoms with van der Waals surface area (Å²) in [5, 5.41) is 3.51. The Morgan fingerprint density at radius 2 is 1.82 bits per heavy atom. The van der Waals surface area contributed by atoms with Gasteiger partial charge in [-0.2, -0.15) is 0 Å². The van der Waals surface area contributed by atoms with Gasteiger partial charge >= 0.3 is 0 Å². The largest absolute Gasteiger partial charge is 0.496 e. The third-order valence-electron chi connectivity index (χ3n) is 3.94. The fourth-order valence-electron chi connectivity index (χ4n) is 2.62. The third kappa shape index (κ3) is 4.27. The lowest BCUT2D eigenvalue weighted by atomic mass is 9.99. The molecule has 2 rings (SSSR count). The smallest absolute Gasteiger partial charge is 0.165 e. The predicted molar refractivity (Wildman–Crippen MR) is 86.0 cm³/mol. The van der Waals surface area contributed by atoms with Crippen molar-refractivity contribution in [2.24, 2.45) is 0 Å². The summed E-state index contributed by atoms with van der Waals surface area (Å²) in [5.41, 5.74) is 0.928. The Kier molecular flexibility index (Phi) is 5.53. The summed E-state index contributed by atoms with van der Waals surface area (Å²) in [7, 11) is 3.42. The van der Waals surface area contributed by atoms with E-state index in [2.05, 4.69) is 26.1 Å². The summed E-state index contributed by atoms with van der Waals surface area (Å²) >= 11 is 0. The molecule has 0 amide bonds. The Bertz CT molecular complexity index is 502. The zero-order valence-electron chi connectivity index (χ0n) is 14.2. The van der Waals surface area contributed by atoms with Crippen molar-refractivity contribution in [2.45, 2.75) is 45.4 Å². The highest BCUT2D eigenvalue weighted by Gasteiger charge is 2.21. The van der Waals surface area contributed by atoms with Crippen molar-refractivity contribution in [1.82, 2.24) is 5.32 Å². The van der Waals surface area contributed by atoms with Crippen LogP contribution < -0.4 is 19.5 Å². The van der Waals surface area contributed by atoms with Gasteiger partial charge in [0.05, 0.1) is 12.7 Å². The van der Waals surface area contributed by atoms with Gasteiger partial charge in [-0.05, 0) is 33.3 Å². The number of rotatable bonds is 7. The van der Waals surface area contributed by atoms with E-state index in [-0.39, 0.29) is 5.60 Å². The van der Waals surface area contributed by atoms with Crippen molar-refractivity contribution < 1.29 is 18.9 Å². The van der Waals surface area contributed by atoms with Crippen LogP contribution in [-0.4, -0.2) is 39.1 Å². The maximum Gasteiger partial charge on any atom is 0.165 e. The minimum atomic E-state index is -0.136. The van der Waals surface area contributed by atoms with Crippen LogP contribution >= 0.6 is 0 Å². The Hall–Kier alpha value is -1.46. The van der Waals surface area contributed by atoms with Crippen LogP contribution in [0.25, 0.3) is 0 Å². The van der Waals surface area contributed by atoms with Crippen LogP contribution in [0.15, 0.2) is 12.1 Å². The molecule has 0 fully saturated rings. The quantitative estimate of drug-likeness (QED) is 0.839. The van der Waals surface area contributed by atoms with Crippen LogP contribution in [-0.2, 0) is 11.3 Å². The molecule has 1 aromatic rings. The Morgan fingerprint density at radius 3 is 2.41 bits per heavy atom. The number of hydrogen-bond acceptors (Lipinski definition) is 5. The maximum atomic E-state index is 5.64. The summed E-state index contributed by atoms with van der Waals surface area (Å²) in [5.74, 6) is 2.35. The highest BCUT2D eigenvalue weighted by Crippen LogP contribution is 2.36. The van der Waals surface area contributed by atoms with Gasteiger partial charge in [-0.1, -0.05) is 0 Å². The fraction of sp³-hybridized carbons (Fsp3) is 0.647. The minimum absolute atomic E-state index is 0.136. The molecular weight excluding hydrogens is 282 g/mol. The molecule has 0 radical (unpaired) electrons. The summed E-state index contributed by atoms with van der Waals surface area (Å²) in [4.78, 5) is 0. The molecule has 0 bridgehead atoms. The van der Waals surface area contributed by atoms with Crippen molar-refractivity contribution in [2.75, 3.05) is 27.4 Å². The van der Waals surface area contributed by atoms with Crippen molar-refractivity contribution in [3.05, 3.63) is 17.7 Å². The Balaban J connectivity index is 2.03. The van der Waals surface area contributed by atoms with Crippen LogP contribution in [0.3, 0.4) is 0 Å². The Morgan fingerprint density at radius 1 is 1.18 bits per heavy atom. The molecule has 1 atom stereocenters. The molecule has 124 valence electrons. The number of ether oxygens (including phenoxy) is 4. The number of fused-ring (bicyclic) bond motifs is 1. The van der Waals surface area contributed by atoms with E-state index in [1.54, 1.807) is 14.2 Å². The van der Waals surface area contributed by atoms with E-state index in [4.69, 9.17) is 18.9 Å².